The van der Waals surface area contributed by atoms with Gasteiger partial charge in [-0.1, -0.05) is 120 Å². The zero-order valence-corrected chi connectivity index (χ0v) is 45.6. The number of carbonyl (C=O) groups excluding carboxylic acids is 7. The number of likely N-dealkylation sites (N-methyl/N-ethyl adjacent to an activating group) is 3. The number of nitrogens with zero attached hydrogens (tertiary/aromatic N) is 4. The predicted octanol–water partition coefficient (Wildman–Crippen LogP) is 6.52. The van der Waals surface area contributed by atoms with Crippen molar-refractivity contribution in [1.29, 1.82) is 0 Å². The molecule has 0 aliphatic carbocycles. The minimum Gasteiger partial charge on any atom is -0.386 e. The first-order chi connectivity index (χ1) is 32.6. The third-order valence-corrected chi connectivity index (χ3v) is 11.9. The number of hydrogen-bond acceptors (Lipinski definition) is 10. The topological polar surface area (TPSA) is 195 Å². The lowest BCUT2D eigenvalue weighted by Crippen LogP contribution is -2.55. The Bertz CT molecular complexity index is 1570. The molecule has 3 N–H and O–H groups in total. The highest BCUT2D eigenvalue weighted by Crippen LogP contribution is 2.29. The Balaban J connectivity index is -0.00000204. The monoisotopic (exact) mass is 977 g/mol. The first kappa shape index (κ1) is 68.6. The quantitative estimate of drug-likeness (QED) is 0.0322. The molecule has 8 unspecified atom stereocenters. The van der Waals surface area contributed by atoms with E-state index in [4.69, 9.17) is 9.47 Å². The third-order valence-electron chi connectivity index (χ3n) is 11.9. The molecule has 1 heterocycles. The average Bonchev–Trinajstić information content (AvgIpc) is 3.81. The van der Waals surface area contributed by atoms with Crippen molar-refractivity contribution in [2.24, 2.45) is 17.8 Å². The molecule has 0 bridgehead atoms. The minimum atomic E-state index is -0.770. The molecular weight excluding hydrogens is 881 g/mol. The number of unbranched alkanes of at least 4 members (excludes halogenated alkanes) is 2. The SMILES string of the molecule is C=C/C=C(\C=C)C(O)C(C)NC=O.CC.CCC.CCC(C)C(C(CC(=O)N1CCCC1C(OC)C(C)C)OC)N(C)C(=O)CNC(=O)C(C(C)C)N(C)C(=O)CCCCCN(C)C(=O)/C=C\C=O. The fraction of sp³-hybridized carbons (Fsp3) is 0.717. The first-order valence-electron chi connectivity index (χ1n) is 25.0. The molecular formula is C53H96N6O10. The number of rotatable bonds is 29. The van der Waals surface area contributed by atoms with Crippen LogP contribution in [0.4, 0.5) is 0 Å². The highest BCUT2D eigenvalue weighted by molar-refractivity contribution is 5.91. The summed E-state index contributed by atoms with van der Waals surface area (Å²) in [6, 6.07) is -1.51. The Morgan fingerprint density at radius 1 is 0.870 bits per heavy atom. The molecule has 1 aliphatic rings. The number of aldehydes is 1. The molecule has 0 aromatic heterocycles. The van der Waals surface area contributed by atoms with E-state index in [0.29, 0.717) is 50.6 Å². The zero-order valence-electron chi connectivity index (χ0n) is 45.6. The Hall–Kier alpha value is -4.67. The third kappa shape index (κ3) is 25.7. The molecule has 1 saturated heterocycles. The second-order valence-corrected chi connectivity index (χ2v) is 17.9. The van der Waals surface area contributed by atoms with E-state index in [9.17, 15) is 38.7 Å². The smallest absolute Gasteiger partial charge is 0.246 e. The van der Waals surface area contributed by atoms with E-state index < -0.39 is 30.2 Å². The molecule has 398 valence electrons. The maximum Gasteiger partial charge on any atom is 0.246 e. The minimum absolute atomic E-state index is 0.00194. The summed E-state index contributed by atoms with van der Waals surface area (Å²) in [5.41, 5.74) is 0.636. The zero-order chi connectivity index (χ0) is 53.8. The summed E-state index contributed by atoms with van der Waals surface area (Å²) in [7, 11) is 8.20. The Kier molecular flexibility index (Phi) is 39.9. The van der Waals surface area contributed by atoms with Crippen LogP contribution in [-0.4, -0.2) is 164 Å². The molecule has 6 amide bonds. The second kappa shape index (κ2) is 40.1. The number of allylic oxidation sites excluding steroid dienone is 3. The predicted molar refractivity (Wildman–Crippen MR) is 278 cm³/mol. The van der Waals surface area contributed by atoms with E-state index in [1.54, 1.807) is 59.3 Å². The van der Waals surface area contributed by atoms with Gasteiger partial charge in [0.2, 0.25) is 35.9 Å². The molecule has 16 nitrogen and oxygen atoms in total. The highest BCUT2D eigenvalue weighted by Gasteiger charge is 2.40. The van der Waals surface area contributed by atoms with Crippen LogP contribution >= 0.6 is 0 Å². The van der Waals surface area contributed by atoms with Crippen LogP contribution in [0.15, 0.2) is 49.1 Å². The molecule has 0 saturated carbocycles. The van der Waals surface area contributed by atoms with Crippen LogP contribution in [0, 0.1) is 17.8 Å². The van der Waals surface area contributed by atoms with Crippen LogP contribution in [0.25, 0.3) is 0 Å². The molecule has 0 aromatic carbocycles. The molecule has 69 heavy (non-hydrogen) atoms. The lowest BCUT2D eigenvalue weighted by molar-refractivity contribution is -0.145. The van der Waals surface area contributed by atoms with Crippen LogP contribution in [0.3, 0.4) is 0 Å². The van der Waals surface area contributed by atoms with Crippen molar-refractivity contribution < 1.29 is 48.1 Å². The number of aliphatic hydroxyl groups is 1. The number of methoxy groups -OCH3 is 2. The number of hydrogen-bond donors (Lipinski definition) is 3. The van der Waals surface area contributed by atoms with Crippen molar-refractivity contribution >= 4 is 42.2 Å². The van der Waals surface area contributed by atoms with Gasteiger partial charge >= 0.3 is 0 Å². The maximum absolute atomic E-state index is 13.7. The van der Waals surface area contributed by atoms with Gasteiger partial charge in [-0.15, -0.1) is 0 Å². The molecule has 1 aliphatic heterocycles. The average molecular weight is 977 g/mol. The summed E-state index contributed by atoms with van der Waals surface area (Å²) >= 11 is 0. The van der Waals surface area contributed by atoms with Gasteiger partial charge in [0.05, 0.1) is 49.4 Å². The normalized spacial score (nSPS) is 16.3. The number of likely N-dealkylation sites (tertiary alicyclic amines) is 1. The Morgan fingerprint density at radius 3 is 1.96 bits per heavy atom. The summed E-state index contributed by atoms with van der Waals surface area (Å²) in [5.74, 6) is -1.12. The van der Waals surface area contributed by atoms with Crippen molar-refractivity contribution in [2.45, 2.75) is 176 Å². The number of amides is 6. The summed E-state index contributed by atoms with van der Waals surface area (Å²) in [6.45, 7) is 29.9. The molecule has 0 radical (unpaired) electrons. The van der Waals surface area contributed by atoms with Crippen molar-refractivity contribution in [1.82, 2.24) is 30.2 Å². The van der Waals surface area contributed by atoms with Crippen LogP contribution in [0.5, 0.6) is 0 Å². The van der Waals surface area contributed by atoms with Gasteiger partial charge in [-0.25, -0.2) is 0 Å². The van der Waals surface area contributed by atoms with Gasteiger partial charge in [0.1, 0.15) is 12.3 Å². The van der Waals surface area contributed by atoms with Gasteiger partial charge < -0.3 is 44.8 Å². The Labute approximate surface area is 417 Å². The fourth-order valence-electron chi connectivity index (χ4n) is 8.08. The molecule has 8 atom stereocenters. The molecule has 0 aromatic rings. The van der Waals surface area contributed by atoms with E-state index in [0.717, 1.165) is 25.3 Å². The first-order valence-corrected chi connectivity index (χ1v) is 25.0. The van der Waals surface area contributed by atoms with Gasteiger partial charge in [0, 0.05) is 60.9 Å². The lowest BCUT2D eigenvalue weighted by atomic mass is 9.90. The van der Waals surface area contributed by atoms with Crippen molar-refractivity contribution in [3.8, 4) is 0 Å². The largest absolute Gasteiger partial charge is 0.386 e. The summed E-state index contributed by atoms with van der Waals surface area (Å²) in [4.78, 5) is 92.7. The van der Waals surface area contributed by atoms with Gasteiger partial charge in [0.15, 0.2) is 0 Å². The molecule has 1 rings (SSSR count). The van der Waals surface area contributed by atoms with Crippen molar-refractivity contribution in [3.05, 3.63) is 49.1 Å². The van der Waals surface area contributed by atoms with Gasteiger partial charge in [-0.3, -0.25) is 33.6 Å². The molecule has 16 heteroatoms. The van der Waals surface area contributed by atoms with Crippen LogP contribution in [0.1, 0.15) is 134 Å². The highest BCUT2D eigenvalue weighted by atomic mass is 16.5. The van der Waals surface area contributed by atoms with Gasteiger partial charge in [0.25, 0.3) is 0 Å². The number of carbonyl (C=O) groups is 7. The van der Waals surface area contributed by atoms with Crippen LogP contribution in [0.2, 0.25) is 0 Å². The molecule has 0 spiro atoms. The number of aliphatic hydroxyl groups excluding tert-OH is 1. The van der Waals surface area contributed by atoms with E-state index in [1.165, 1.54) is 28.4 Å². The van der Waals surface area contributed by atoms with Crippen molar-refractivity contribution in [2.75, 3.05) is 55.0 Å². The fourth-order valence-corrected chi connectivity index (χ4v) is 8.08. The van der Waals surface area contributed by atoms with Crippen LogP contribution in [-0.2, 0) is 43.0 Å². The van der Waals surface area contributed by atoms with E-state index in [1.807, 2.05) is 46.4 Å². The summed E-state index contributed by atoms with van der Waals surface area (Å²) in [5, 5.41) is 14.9. The lowest BCUT2D eigenvalue weighted by Gasteiger charge is -2.39. The van der Waals surface area contributed by atoms with E-state index >= 15 is 0 Å². The van der Waals surface area contributed by atoms with Crippen molar-refractivity contribution in [3.63, 3.8) is 0 Å². The number of nitrogens with one attached hydrogen (secondary N) is 2. The second-order valence-electron chi connectivity index (χ2n) is 17.9. The van der Waals surface area contributed by atoms with Crippen LogP contribution < -0.4 is 10.6 Å². The standard InChI is InChI=1S/C38H67N5O8.C10H15NO2.C3H8.C2H6/c1-12-28(6)36(30(50-10)24-33(47)43-22-16-18-29(43)37(51-11)27(4)5)42(9)34(48)25-39-38(49)35(26(2)3)41(8)32(46)19-14-13-15-21-40(7)31(45)20-17-23-44;1-4-6-9(5-2)10(13)8(3)11-7-12;1-3-2;1-2/h17,20,23,26-30,35-37H,12-16,18-19,21-22,24-25H2,1-11H3,(H,39,49);4-8,10,13H,1-2H2,3H3,(H,11,12);3H2,1-2H3;1-2H3/b20-17-;9-6+;;. The van der Waals surface area contributed by atoms with E-state index in [2.05, 4.69) is 51.5 Å². The summed E-state index contributed by atoms with van der Waals surface area (Å²) < 4.78 is 11.7. The van der Waals surface area contributed by atoms with Gasteiger partial charge in [-0.2, -0.15) is 0 Å². The molecule has 1 fully saturated rings. The maximum atomic E-state index is 13.7. The summed E-state index contributed by atoms with van der Waals surface area (Å²) in [6.07, 6.45) is 13.0. The van der Waals surface area contributed by atoms with Gasteiger partial charge in [-0.05, 0) is 62.0 Å². The Morgan fingerprint density at radius 2 is 1.48 bits per heavy atom. The number of ether oxygens (including phenoxy) is 2. The van der Waals surface area contributed by atoms with E-state index in [-0.39, 0.29) is 79.0 Å².